The van der Waals surface area contributed by atoms with Crippen molar-refractivity contribution < 1.29 is 18.3 Å². The molecule has 1 fully saturated rings. The van der Waals surface area contributed by atoms with Crippen molar-refractivity contribution >= 4 is 23.7 Å². The fourth-order valence-corrected chi connectivity index (χ4v) is 3.32. The second-order valence-corrected chi connectivity index (χ2v) is 6.70. The molecule has 0 aromatic carbocycles. The number of alkyl halides is 2. The maximum absolute atomic E-state index is 13.8. The van der Waals surface area contributed by atoms with Crippen molar-refractivity contribution in [3.63, 3.8) is 0 Å². The summed E-state index contributed by atoms with van der Waals surface area (Å²) in [4.78, 5) is 24.7. The molecule has 1 saturated carbocycles. The summed E-state index contributed by atoms with van der Waals surface area (Å²) in [6.07, 6.45) is 4.28. The van der Waals surface area contributed by atoms with Crippen LogP contribution < -0.4 is 15.0 Å². The highest BCUT2D eigenvalue weighted by Crippen LogP contribution is 2.58. The van der Waals surface area contributed by atoms with Gasteiger partial charge in [-0.05, 0) is 12.8 Å². The number of carbonyl (C=O) groups excluding carboxylic acids is 1. The number of aromatic nitrogens is 3. The molecule has 7 nitrogen and oxygen atoms in total. The smallest absolute Gasteiger partial charge is 0.304 e. The maximum Gasteiger partial charge on any atom is 0.304 e. The summed E-state index contributed by atoms with van der Waals surface area (Å²) in [5.41, 5.74) is 1.80. The summed E-state index contributed by atoms with van der Waals surface area (Å²) in [7, 11) is 1.38. The summed E-state index contributed by atoms with van der Waals surface area (Å²) in [5, 5.41) is 2.52. The van der Waals surface area contributed by atoms with Crippen LogP contribution in [0, 0.1) is 0 Å². The zero-order valence-electron chi connectivity index (χ0n) is 14.3. The fraction of sp³-hybridized carbons (Fsp3) is 0.412. The number of pyridine rings is 1. The third-order valence-electron chi connectivity index (χ3n) is 4.83. The molecule has 26 heavy (non-hydrogen) atoms. The van der Waals surface area contributed by atoms with E-state index in [-0.39, 0.29) is 11.3 Å². The van der Waals surface area contributed by atoms with Gasteiger partial charge in [0.25, 0.3) is 0 Å². The summed E-state index contributed by atoms with van der Waals surface area (Å²) >= 11 is 0. The zero-order valence-corrected chi connectivity index (χ0v) is 14.3. The SMILES string of the molecule is COc1cc(N2CC3(CC3)c3cnc(NC=O)cc32)nc(C(C)(F)F)n1. The van der Waals surface area contributed by atoms with Crippen molar-refractivity contribution in [2.75, 3.05) is 23.9 Å². The molecule has 1 amide bonds. The minimum absolute atomic E-state index is 0.0326. The predicted molar refractivity (Wildman–Crippen MR) is 90.0 cm³/mol. The van der Waals surface area contributed by atoms with Crippen molar-refractivity contribution in [3.8, 4) is 5.88 Å². The molecule has 0 atom stereocenters. The first-order valence-corrected chi connectivity index (χ1v) is 8.16. The highest BCUT2D eigenvalue weighted by atomic mass is 19.3. The maximum atomic E-state index is 13.8. The number of halogens is 2. The molecule has 2 aromatic heterocycles. The predicted octanol–water partition coefficient (Wildman–Crippen LogP) is 2.74. The molecule has 4 rings (SSSR count). The Labute approximate surface area is 148 Å². The van der Waals surface area contributed by atoms with E-state index in [4.69, 9.17) is 4.74 Å². The third-order valence-corrected chi connectivity index (χ3v) is 4.83. The van der Waals surface area contributed by atoms with Crippen LogP contribution in [0.3, 0.4) is 0 Å². The number of nitrogens with one attached hydrogen (secondary N) is 1. The van der Waals surface area contributed by atoms with Gasteiger partial charge in [0.05, 0.1) is 12.8 Å². The van der Waals surface area contributed by atoms with Crippen LogP contribution in [0.1, 0.15) is 31.2 Å². The van der Waals surface area contributed by atoms with E-state index in [0.29, 0.717) is 24.6 Å². The fourth-order valence-electron chi connectivity index (χ4n) is 3.32. The highest BCUT2D eigenvalue weighted by Gasteiger charge is 2.52. The van der Waals surface area contributed by atoms with Crippen LogP contribution in [0.15, 0.2) is 18.3 Å². The number of nitrogens with zero attached hydrogens (tertiary/aromatic N) is 4. The van der Waals surface area contributed by atoms with E-state index in [0.717, 1.165) is 31.0 Å². The van der Waals surface area contributed by atoms with E-state index >= 15 is 0 Å². The van der Waals surface area contributed by atoms with Crippen molar-refractivity contribution in [1.29, 1.82) is 0 Å². The van der Waals surface area contributed by atoms with Gasteiger partial charge in [-0.1, -0.05) is 0 Å². The number of fused-ring (bicyclic) bond motifs is 2. The summed E-state index contributed by atoms with van der Waals surface area (Å²) in [6, 6.07) is 3.27. The number of rotatable bonds is 5. The van der Waals surface area contributed by atoms with Crippen molar-refractivity contribution in [2.45, 2.75) is 31.1 Å². The van der Waals surface area contributed by atoms with E-state index < -0.39 is 11.7 Å². The molecule has 0 saturated heterocycles. The monoisotopic (exact) mass is 361 g/mol. The molecule has 9 heteroatoms. The number of ether oxygens (including phenoxy) is 1. The van der Waals surface area contributed by atoms with Crippen LogP contribution in [0.25, 0.3) is 0 Å². The minimum Gasteiger partial charge on any atom is -0.481 e. The first-order chi connectivity index (χ1) is 12.4. The molecule has 0 unspecified atom stereocenters. The Morgan fingerprint density at radius 1 is 1.35 bits per heavy atom. The van der Waals surface area contributed by atoms with Crippen molar-refractivity contribution in [3.05, 3.63) is 29.7 Å². The average molecular weight is 361 g/mol. The lowest BCUT2D eigenvalue weighted by molar-refractivity contribution is -0.105. The van der Waals surface area contributed by atoms with Gasteiger partial charge < -0.3 is 15.0 Å². The Bertz CT molecular complexity index is 880. The largest absolute Gasteiger partial charge is 0.481 e. The Morgan fingerprint density at radius 2 is 2.12 bits per heavy atom. The molecule has 3 heterocycles. The number of carbonyl (C=O) groups is 1. The van der Waals surface area contributed by atoms with Crippen LogP contribution in [0.2, 0.25) is 0 Å². The van der Waals surface area contributed by atoms with E-state index in [9.17, 15) is 13.6 Å². The van der Waals surface area contributed by atoms with Gasteiger partial charge in [0.2, 0.25) is 18.1 Å². The lowest BCUT2D eigenvalue weighted by Gasteiger charge is -2.21. The van der Waals surface area contributed by atoms with Gasteiger partial charge in [0, 0.05) is 42.8 Å². The number of hydrogen-bond acceptors (Lipinski definition) is 6. The standard InChI is InChI=1S/C17H17F2N5O2/c1-16(18,19)15-22-13(6-14(23-15)26-2)24-8-17(3-4-17)10-7-20-12(21-9-25)5-11(10)24/h5-7,9H,3-4,8H2,1-2H3,(H,20,21,25). The molecule has 0 bridgehead atoms. The minimum atomic E-state index is -3.19. The molecular formula is C17H17F2N5O2. The molecule has 2 aliphatic rings. The highest BCUT2D eigenvalue weighted by molar-refractivity contribution is 5.78. The number of methoxy groups -OCH3 is 1. The Balaban J connectivity index is 1.82. The van der Waals surface area contributed by atoms with Crippen LogP contribution in [-0.4, -0.2) is 35.0 Å². The number of amides is 1. The van der Waals surface area contributed by atoms with Crippen molar-refractivity contribution in [1.82, 2.24) is 15.0 Å². The van der Waals surface area contributed by atoms with Gasteiger partial charge in [0.1, 0.15) is 11.6 Å². The van der Waals surface area contributed by atoms with Crippen LogP contribution in [0.4, 0.5) is 26.1 Å². The first-order valence-electron chi connectivity index (χ1n) is 8.16. The van der Waals surface area contributed by atoms with Crippen molar-refractivity contribution in [2.24, 2.45) is 0 Å². The quantitative estimate of drug-likeness (QED) is 0.825. The second kappa shape index (κ2) is 5.58. The molecular weight excluding hydrogens is 344 g/mol. The van der Waals surface area contributed by atoms with Gasteiger partial charge in [-0.25, -0.2) is 9.97 Å². The van der Waals surface area contributed by atoms with Crippen LogP contribution >= 0.6 is 0 Å². The van der Waals surface area contributed by atoms with Crippen LogP contribution in [-0.2, 0) is 16.1 Å². The summed E-state index contributed by atoms with van der Waals surface area (Å²) in [6.45, 7) is 1.37. The number of hydrogen-bond donors (Lipinski definition) is 1. The van der Waals surface area contributed by atoms with Gasteiger partial charge >= 0.3 is 5.92 Å². The Hall–Kier alpha value is -2.84. The Kier molecular flexibility index (Phi) is 3.57. The van der Waals surface area contributed by atoms with Gasteiger partial charge in [-0.2, -0.15) is 13.8 Å². The second-order valence-electron chi connectivity index (χ2n) is 6.70. The molecule has 2 aromatic rings. The summed E-state index contributed by atoms with van der Waals surface area (Å²) < 4.78 is 32.7. The van der Waals surface area contributed by atoms with E-state index in [1.54, 1.807) is 12.3 Å². The van der Waals surface area contributed by atoms with E-state index in [1.165, 1.54) is 13.2 Å². The van der Waals surface area contributed by atoms with Gasteiger partial charge in [-0.3, -0.25) is 4.79 Å². The van der Waals surface area contributed by atoms with E-state index in [2.05, 4.69) is 20.3 Å². The lowest BCUT2D eigenvalue weighted by atomic mass is 10.0. The molecule has 136 valence electrons. The Morgan fingerprint density at radius 3 is 2.73 bits per heavy atom. The first kappa shape index (κ1) is 16.6. The van der Waals surface area contributed by atoms with Gasteiger partial charge in [-0.15, -0.1) is 0 Å². The topological polar surface area (TPSA) is 80.2 Å². The number of anilines is 3. The van der Waals surface area contributed by atoms with E-state index in [1.807, 2.05) is 4.90 Å². The zero-order chi connectivity index (χ0) is 18.5. The molecule has 1 N–H and O–H groups in total. The lowest BCUT2D eigenvalue weighted by Crippen LogP contribution is -2.22. The van der Waals surface area contributed by atoms with Gasteiger partial charge in [0.15, 0.2) is 0 Å². The van der Waals surface area contributed by atoms with Crippen LogP contribution in [0.5, 0.6) is 5.88 Å². The molecule has 1 spiro atoms. The molecule has 1 aliphatic heterocycles. The molecule has 1 aliphatic carbocycles. The average Bonchev–Trinajstić information content (AvgIpc) is 3.31. The molecule has 0 radical (unpaired) electrons. The third kappa shape index (κ3) is 2.63. The summed E-state index contributed by atoms with van der Waals surface area (Å²) in [5.74, 6) is -2.98. The normalized spacial score (nSPS) is 17.2.